The molecule has 0 aliphatic rings. The second-order valence-electron chi connectivity index (χ2n) is 3.56. The van der Waals surface area contributed by atoms with Gasteiger partial charge in [-0.2, -0.15) is 0 Å². The zero-order valence-electron chi connectivity index (χ0n) is 9.67. The number of carboxylic acids is 1. The van der Waals surface area contributed by atoms with Gasteiger partial charge in [0.05, 0.1) is 6.33 Å². The second kappa shape index (κ2) is 5.85. The molecule has 0 saturated heterocycles. The van der Waals surface area contributed by atoms with Gasteiger partial charge in [-0.3, -0.25) is 5.43 Å². The number of hydrogen-bond acceptors (Lipinski definition) is 4. The summed E-state index contributed by atoms with van der Waals surface area (Å²) in [7, 11) is 3.41. The number of hydrogen-bond donors (Lipinski definition) is 3. The molecular formula is C9H15N5O3. The number of aromatic carboxylic acids is 1. The van der Waals surface area contributed by atoms with Gasteiger partial charge in [0, 0.05) is 33.4 Å². The molecule has 0 bridgehead atoms. The first-order valence-electron chi connectivity index (χ1n) is 4.96. The lowest BCUT2D eigenvalue weighted by Crippen LogP contribution is -2.44. The van der Waals surface area contributed by atoms with Crippen molar-refractivity contribution in [3.8, 4) is 0 Å². The summed E-state index contributed by atoms with van der Waals surface area (Å²) < 4.78 is 1.60. The largest absolute Gasteiger partial charge is 0.476 e. The zero-order valence-corrected chi connectivity index (χ0v) is 9.67. The fourth-order valence-electron chi connectivity index (χ4n) is 1.13. The number of carbonyl (C=O) groups is 2. The van der Waals surface area contributed by atoms with Crippen molar-refractivity contribution in [2.45, 2.75) is 6.54 Å². The summed E-state index contributed by atoms with van der Waals surface area (Å²) in [5.41, 5.74) is 2.51. The van der Waals surface area contributed by atoms with Crippen LogP contribution in [0.25, 0.3) is 0 Å². The highest BCUT2D eigenvalue weighted by Gasteiger charge is 2.06. The van der Waals surface area contributed by atoms with Gasteiger partial charge in [0.1, 0.15) is 0 Å². The lowest BCUT2D eigenvalue weighted by atomic mass is 10.5. The van der Waals surface area contributed by atoms with E-state index in [0.717, 1.165) is 0 Å². The highest BCUT2D eigenvalue weighted by molar-refractivity contribution is 5.84. The van der Waals surface area contributed by atoms with E-state index in [1.165, 1.54) is 17.5 Å². The lowest BCUT2D eigenvalue weighted by molar-refractivity contribution is 0.0691. The summed E-state index contributed by atoms with van der Waals surface area (Å²) in [4.78, 5) is 25.4. The summed E-state index contributed by atoms with van der Waals surface area (Å²) in [5.74, 6) is -1.07. The van der Waals surface area contributed by atoms with E-state index < -0.39 is 5.97 Å². The zero-order chi connectivity index (χ0) is 12.8. The van der Waals surface area contributed by atoms with E-state index in [1.807, 2.05) is 0 Å². The number of carbonyl (C=O) groups excluding carboxylic acids is 1. The van der Waals surface area contributed by atoms with Crippen molar-refractivity contribution in [3.63, 3.8) is 0 Å². The maximum atomic E-state index is 11.2. The first kappa shape index (κ1) is 13.0. The molecule has 2 amide bonds. The molecule has 8 heteroatoms. The Kier molecular flexibility index (Phi) is 4.46. The lowest BCUT2D eigenvalue weighted by Gasteiger charge is -2.12. The van der Waals surface area contributed by atoms with Crippen LogP contribution in [0.2, 0.25) is 0 Å². The molecule has 0 aliphatic carbocycles. The molecule has 0 spiro atoms. The predicted molar refractivity (Wildman–Crippen MR) is 59.4 cm³/mol. The Hall–Kier alpha value is -2.09. The number of carboxylic acid groups (broad SMARTS) is 1. The van der Waals surface area contributed by atoms with Crippen LogP contribution < -0.4 is 10.7 Å². The molecule has 0 aromatic carbocycles. The molecule has 0 saturated carbocycles. The van der Waals surface area contributed by atoms with E-state index in [2.05, 4.69) is 15.7 Å². The number of amides is 2. The first-order valence-corrected chi connectivity index (χ1v) is 4.96. The van der Waals surface area contributed by atoms with E-state index in [4.69, 9.17) is 5.11 Å². The molecule has 94 valence electrons. The molecule has 0 fully saturated rings. The summed E-state index contributed by atoms with van der Waals surface area (Å²) in [6, 6.07) is -0.312. The Balaban J connectivity index is 2.31. The van der Waals surface area contributed by atoms with Crippen molar-refractivity contribution in [1.29, 1.82) is 0 Å². The van der Waals surface area contributed by atoms with Gasteiger partial charge in [0.15, 0.2) is 5.69 Å². The highest BCUT2D eigenvalue weighted by atomic mass is 16.4. The third-order valence-electron chi connectivity index (χ3n) is 1.83. The van der Waals surface area contributed by atoms with E-state index in [1.54, 1.807) is 18.7 Å². The molecule has 8 nitrogen and oxygen atoms in total. The van der Waals surface area contributed by atoms with Crippen LogP contribution in [0.3, 0.4) is 0 Å². The van der Waals surface area contributed by atoms with Crippen LogP contribution in [0, 0.1) is 0 Å². The van der Waals surface area contributed by atoms with E-state index >= 15 is 0 Å². The van der Waals surface area contributed by atoms with Gasteiger partial charge in [0.25, 0.3) is 0 Å². The smallest absolute Gasteiger partial charge is 0.356 e. The summed E-state index contributed by atoms with van der Waals surface area (Å²) >= 11 is 0. The third kappa shape index (κ3) is 4.51. The van der Waals surface area contributed by atoms with E-state index in [-0.39, 0.29) is 11.7 Å². The monoisotopic (exact) mass is 241 g/mol. The fraction of sp³-hybridized carbons (Fsp3) is 0.444. The quantitative estimate of drug-likeness (QED) is 0.595. The third-order valence-corrected chi connectivity index (χ3v) is 1.83. The average Bonchev–Trinajstić information content (AvgIpc) is 2.65. The molecule has 0 aliphatic heterocycles. The van der Waals surface area contributed by atoms with Crippen LogP contribution in [0.15, 0.2) is 12.5 Å². The summed E-state index contributed by atoms with van der Waals surface area (Å²) in [6.07, 6.45) is 2.82. The Morgan fingerprint density at radius 1 is 1.53 bits per heavy atom. The van der Waals surface area contributed by atoms with E-state index in [0.29, 0.717) is 13.1 Å². The van der Waals surface area contributed by atoms with Gasteiger partial charge >= 0.3 is 12.0 Å². The highest BCUT2D eigenvalue weighted by Crippen LogP contribution is 1.95. The van der Waals surface area contributed by atoms with Crippen molar-refractivity contribution >= 4 is 12.0 Å². The van der Waals surface area contributed by atoms with Gasteiger partial charge in [-0.15, -0.1) is 0 Å². The minimum atomic E-state index is -1.07. The number of aromatic nitrogens is 2. The van der Waals surface area contributed by atoms with Crippen molar-refractivity contribution < 1.29 is 14.7 Å². The van der Waals surface area contributed by atoms with Crippen LogP contribution in [-0.4, -0.2) is 52.3 Å². The number of imidazole rings is 1. The SMILES string of the molecule is CN(C)NC(=O)NCCn1cnc(C(=O)O)c1. The second-order valence-corrected chi connectivity index (χ2v) is 3.56. The molecule has 1 aromatic rings. The van der Waals surface area contributed by atoms with E-state index in [9.17, 15) is 9.59 Å². The van der Waals surface area contributed by atoms with Crippen LogP contribution in [-0.2, 0) is 6.54 Å². The number of nitrogens with zero attached hydrogens (tertiary/aromatic N) is 3. The van der Waals surface area contributed by atoms with Gasteiger partial charge in [-0.25, -0.2) is 19.6 Å². The van der Waals surface area contributed by atoms with Crippen LogP contribution in [0.5, 0.6) is 0 Å². The standard InChI is InChI=1S/C9H15N5O3/c1-13(2)12-9(17)10-3-4-14-5-7(8(15)16)11-6-14/h5-6H,3-4H2,1-2H3,(H,15,16)(H2,10,12,17). The van der Waals surface area contributed by atoms with Gasteiger partial charge < -0.3 is 15.0 Å². The van der Waals surface area contributed by atoms with Crippen LogP contribution >= 0.6 is 0 Å². The first-order chi connectivity index (χ1) is 7.99. The maximum Gasteiger partial charge on any atom is 0.356 e. The van der Waals surface area contributed by atoms with Gasteiger partial charge in [0.2, 0.25) is 0 Å². The van der Waals surface area contributed by atoms with Crippen molar-refractivity contribution in [2.75, 3.05) is 20.6 Å². The molecule has 1 rings (SSSR count). The Bertz CT molecular complexity index is 401. The Labute approximate surface area is 98.2 Å². The van der Waals surface area contributed by atoms with Crippen LogP contribution in [0.4, 0.5) is 4.79 Å². The average molecular weight is 241 g/mol. The molecular weight excluding hydrogens is 226 g/mol. The molecule has 17 heavy (non-hydrogen) atoms. The summed E-state index contributed by atoms with van der Waals surface area (Å²) in [6.45, 7) is 0.843. The Morgan fingerprint density at radius 2 is 2.24 bits per heavy atom. The molecule has 3 N–H and O–H groups in total. The predicted octanol–water partition coefficient (Wildman–Crippen LogP) is -0.643. The van der Waals surface area contributed by atoms with Gasteiger partial charge in [-0.05, 0) is 0 Å². The Morgan fingerprint density at radius 3 is 2.76 bits per heavy atom. The molecule has 0 atom stereocenters. The normalized spacial score (nSPS) is 10.3. The van der Waals surface area contributed by atoms with Crippen molar-refractivity contribution in [2.24, 2.45) is 0 Å². The topological polar surface area (TPSA) is 99.5 Å². The molecule has 1 aromatic heterocycles. The van der Waals surface area contributed by atoms with Crippen molar-refractivity contribution in [1.82, 2.24) is 25.3 Å². The molecule has 0 radical (unpaired) electrons. The maximum absolute atomic E-state index is 11.2. The number of hydrazine groups is 1. The van der Waals surface area contributed by atoms with Crippen molar-refractivity contribution in [3.05, 3.63) is 18.2 Å². The molecule has 0 unspecified atom stereocenters. The van der Waals surface area contributed by atoms with Gasteiger partial charge in [-0.1, -0.05) is 0 Å². The fourth-order valence-corrected chi connectivity index (χ4v) is 1.13. The minimum Gasteiger partial charge on any atom is -0.476 e. The number of nitrogens with one attached hydrogen (secondary N) is 2. The van der Waals surface area contributed by atoms with Crippen LogP contribution in [0.1, 0.15) is 10.5 Å². The number of urea groups is 1. The summed E-state index contributed by atoms with van der Waals surface area (Å²) in [5, 5.41) is 12.8. The molecule has 1 heterocycles. The number of rotatable bonds is 5. The minimum absolute atomic E-state index is 0.0113.